The SMILES string of the molecule is c1ccc2c(c1)sc1c(-c3cc4sc5cccc6c(-c7cccc8c7sc7ccccc78)cc7sc8cccc3c8c4-c7c56)cccc12. The third kappa shape index (κ3) is 3.33. The van der Waals surface area contributed by atoms with Crippen LogP contribution in [0.1, 0.15) is 0 Å². The first-order valence-corrected chi connectivity index (χ1v) is 19.4. The summed E-state index contributed by atoms with van der Waals surface area (Å²) in [7, 11) is 0. The maximum atomic E-state index is 2.50. The molecule has 8 aromatic carbocycles. The maximum Gasteiger partial charge on any atom is 0.0434 e. The molecule has 0 unspecified atom stereocenters. The molecule has 2 aliphatic rings. The van der Waals surface area contributed by atoms with Gasteiger partial charge in [-0.1, -0.05) is 97.1 Å². The first-order chi connectivity index (χ1) is 23.8. The van der Waals surface area contributed by atoms with Crippen LogP contribution in [0.3, 0.4) is 0 Å². The summed E-state index contributed by atoms with van der Waals surface area (Å²) in [4.78, 5) is 0. The predicted octanol–water partition coefficient (Wildman–Crippen LogP) is 15.0. The summed E-state index contributed by atoms with van der Waals surface area (Å²) in [6.45, 7) is 0. The summed E-state index contributed by atoms with van der Waals surface area (Å²) in [5, 5.41) is 10.9. The molecule has 12 rings (SSSR count). The normalized spacial score (nSPS) is 12.6. The van der Waals surface area contributed by atoms with Crippen molar-refractivity contribution in [3.8, 4) is 33.4 Å². The van der Waals surface area contributed by atoms with Crippen LogP contribution in [-0.4, -0.2) is 0 Å². The topological polar surface area (TPSA) is 0 Å². The predicted molar refractivity (Wildman–Crippen MR) is 217 cm³/mol. The van der Waals surface area contributed by atoms with E-state index in [4.69, 9.17) is 0 Å². The summed E-state index contributed by atoms with van der Waals surface area (Å²) in [6, 6.07) is 50.3. The number of hydrogen-bond acceptors (Lipinski definition) is 4. The van der Waals surface area contributed by atoms with Crippen molar-refractivity contribution in [1.82, 2.24) is 0 Å². The van der Waals surface area contributed by atoms with Gasteiger partial charge in [-0.2, -0.15) is 0 Å². The highest BCUT2D eigenvalue weighted by molar-refractivity contribution is 7.28. The van der Waals surface area contributed by atoms with E-state index in [-0.39, 0.29) is 0 Å². The van der Waals surface area contributed by atoms with E-state index in [0.717, 1.165) is 0 Å². The van der Waals surface area contributed by atoms with Gasteiger partial charge < -0.3 is 0 Å². The molecule has 2 aliphatic heterocycles. The molecule has 4 heteroatoms. The van der Waals surface area contributed by atoms with Gasteiger partial charge in [0, 0.05) is 92.2 Å². The minimum atomic E-state index is 1.33. The summed E-state index contributed by atoms with van der Waals surface area (Å²) in [5.74, 6) is 0. The van der Waals surface area contributed by atoms with Gasteiger partial charge in [0.25, 0.3) is 0 Å². The third-order valence-corrected chi connectivity index (χ3v) is 14.9. The summed E-state index contributed by atoms with van der Waals surface area (Å²) < 4.78 is 10.9. The zero-order valence-electron chi connectivity index (χ0n) is 25.3. The highest BCUT2D eigenvalue weighted by atomic mass is 32.1. The molecule has 0 spiro atoms. The van der Waals surface area contributed by atoms with E-state index in [9.17, 15) is 0 Å². The van der Waals surface area contributed by atoms with Gasteiger partial charge in [-0.3, -0.25) is 0 Å². The lowest BCUT2D eigenvalue weighted by Crippen LogP contribution is -1.95. The van der Waals surface area contributed by atoms with Crippen molar-refractivity contribution in [2.24, 2.45) is 0 Å². The van der Waals surface area contributed by atoms with Crippen LogP contribution in [-0.2, 0) is 0 Å². The Morgan fingerprint density at radius 2 is 0.667 bits per heavy atom. The van der Waals surface area contributed by atoms with Crippen molar-refractivity contribution >= 4 is 126 Å². The lowest BCUT2D eigenvalue weighted by atomic mass is 9.87. The zero-order valence-corrected chi connectivity index (χ0v) is 28.6. The second-order valence-electron chi connectivity index (χ2n) is 12.7. The number of benzene rings is 8. The van der Waals surface area contributed by atoms with Gasteiger partial charge >= 0.3 is 0 Å². The molecule has 0 nitrogen and oxygen atoms in total. The van der Waals surface area contributed by atoms with E-state index in [0.29, 0.717) is 0 Å². The molecule has 0 saturated heterocycles. The van der Waals surface area contributed by atoms with Crippen molar-refractivity contribution < 1.29 is 0 Å². The first kappa shape index (κ1) is 26.2. The standard InChI is InChI=1S/C44H22S4/c1-3-17-33-23(9-1)27-13-5-15-29(43(27)47-33)31-21-37-41-39-25(31)11-7-19-35(39)46-38-22-32(26-12-8-20-36(45-37)40(26)42(38)41)30-16-6-14-28-24-10-2-4-18-34(24)48-44(28)30/h1-22H. The van der Waals surface area contributed by atoms with E-state index >= 15 is 0 Å². The smallest absolute Gasteiger partial charge is 0.0434 e. The zero-order chi connectivity index (χ0) is 31.1. The van der Waals surface area contributed by atoms with Crippen LogP contribution >= 0.6 is 45.3 Å². The van der Waals surface area contributed by atoms with Crippen LogP contribution in [0, 0.1) is 0 Å². The van der Waals surface area contributed by atoms with Crippen molar-refractivity contribution in [2.75, 3.05) is 0 Å². The molecular weight excluding hydrogens is 657 g/mol. The summed E-state index contributed by atoms with van der Waals surface area (Å²) >= 11 is 7.75. The van der Waals surface area contributed by atoms with Gasteiger partial charge in [-0.05, 0) is 58.3 Å². The maximum absolute atomic E-state index is 2.50. The van der Waals surface area contributed by atoms with Crippen LogP contribution in [0.25, 0.3) is 114 Å². The fraction of sp³-hybridized carbons (Fsp3) is 0. The Morgan fingerprint density at radius 3 is 1.17 bits per heavy atom. The largest absolute Gasteiger partial charge is 0.135 e. The molecule has 2 aromatic heterocycles. The van der Waals surface area contributed by atoms with Crippen LogP contribution in [0.2, 0.25) is 0 Å². The Labute approximate surface area is 291 Å². The van der Waals surface area contributed by atoms with Gasteiger partial charge in [-0.25, -0.2) is 0 Å². The molecule has 48 heavy (non-hydrogen) atoms. The Morgan fingerprint density at radius 1 is 0.271 bits per heavy atom. The van der Waals surface area contributed by atoms with Crippen LogP contribution in [0.15, 0.2) is 133 Å². The molecular formula is C44H22S4. The molecule has 10 aromatic rings. The highest BCUT2D eigenvalue weighted by Crippen LogP contribution is 2.56. The first-order valence-electron chi connectivity index (χ1n) is 16.2. The van der Waals surface area contributed by atoms with E-state index in [1.165, 1.54) is 114 Å². The van der Waals surface area contributed by atoms with E-state index in [1.54, 1.807) is 0 Å². The highest BCUT2D eigenvalue weighted by Gasteiger charge is 2.26. The molecule has 0 aliphatic carbocycles. The number of fused-ring (bicyclic) bond motifs is 6. The average molecular weight is 679 g/mol. The minimum Gasteiger partial charge on any atom is -0.135 e. The average Bonchev–Trinajstić information content (AvgIpc) is 3.71. The lowest BCUT2D eigenvalue weighted by Gasteiger charge is -2.23. The molecule has 0 radical (unpaired) electrons. The Balaban J connectivity index is 1.21. The molecule has 0 atom stereocenters. The number of hydrogen-bond donors (Lipinski definition) is 0. The molecule has 0 saturated carbocycles. The van der Waals surface area contributed by atoms with Gasteiger partial charge in [0.05, 0.1) is 0 Å². The third-order valence-electron chi connectivity index (χ3n) is 10.3. The number of thiophene rings is 2. The van der Waals surface area contributed by atoms with Gasteiger partial charge in [-0.15, -0.1) is 45.3 Å². The van der Waals surface area contributed by atoms with Crippen LogP contribution in [0.4, 0.5) is 0 Å². The van der Waals surface area contributed by atoms with Gasteiger partial charge in [0.15, 0.2) is 0 Å². The van der Waals surface area contributed by atoms with Crippen LogP contribution in [0.5, 0.6) is 0 Å². The quantitative estimate of drug-likeness (QED) is 0.126. The lowest BCUT2D eigenvalue weighted by molar-refractivity contribution is 1.75. The Bertz CT molecular complexity index is 3010. The second kappa shape index (κ2) is 9.40. The van der Waals surface area contributed by atoms with E-state index in [2.05, 4.69) is 133 Å². The summed E-state index contributed by atoms with van der Waals surface area (Å²) in [5.41, 5.74) is 8.18. The molecule has 0 fully saturated rings. The molecule has 0 bridgehead atoms. The molecule has 222 valence electrons. The second-order valence-corrected chi connectivity index (χ2v) is 17.0. The fourth-order valence-corrected chi connectivity index (χ4v) is 13.1. The molecule has 0 amide bonds. The fourth-order valence-electron chi connectivity index (χ4n) is 8.26. The Hall–Kier alpha value is -4.84. The van der Waals surface area contributed by atoms with Crippen LogP contribution < -0.4 is 0 Å². The van der Waals surface area contributed by atoms with Gasteiger partial charge in [0.1, 0.15) is 0 Å². The van der Waals surface area contributed by atoms with Crippen molar-refractivity contribution in [1.29, 1.82) is 0 Å². The minimum absolute atomic E-state index is 1.33. The van der Waals surface area contributed by atoms with Crippen molar-refractivity contribution in [2.45, 2.75) is 0 Å². The van der Waals surface area contributed by atoms with E-state index in [1.807, 2.05) is 45.3 Å². The van der Waals surface area contributed by atoms with E-state index < -0.39 is 0 Å². The monoisotopic (exact) mass is 678 g/mol. The summed E-state index contributed by atoms with van der Waals surface area (Å²) in [6.07, 6.45) is 0. The van der Waals surface area contributed by atoms with Gasteiger partial charge in [0.2, 0.25) is 0 Å². The molecule has 0 N–H and O–H groups in total. The molecule has 4 heterocycles. The number of rotatable bonds is 2. The van der Waals surface area contributed by atoms with Crippen molar-refractivity contribution in [3.63, 3.8) is 0 Å². The van der Waals surface area contributed by atoms with Crippen molar-refractivity contribution in [3.05, 3.63) is 133 Å². The Kier molecular flexibility index (Phi) is 5.12.